The van der Waals surface area contributed by atoms with Gasteiger partial charge >= 0.3 is 0 Å². The molecule has 0 aromatic carbocycles. The average Bonchev–Trinajstić information content (AvgIpc) is 2.74. The summed E-state index contributed by atoms with van der Waals surface area (Å²) in [5, 5.41) is 0. The van der Waals surface area contributed by atoms with E-state index < -0.39 is 5.41 Å². The van der Waals surface area contributed by atoms with E-state index in [1.54, 1.807) is 4.90 Å². The van der Waals surface area contributed by atoms with E-state index in [9.17, 15) is 9.59 Å². The summed E-state index contributed by atoms with van der Waals surface area (Å²) in [5.41, 5.74) is 5.04. The molecule has 1 heterocycles. The maximum absolute atomic E-state index is 12.0. The summed E-state index contributed by atoms with van der Waals surface area (Å²) in [4.78, 5) is 25.7. The fourth-order valence-corrected chi connectivity index (χ4v) is 1.93. The minimum Gasteiger partial charge on any atom is -0.332 e. The van der Waals surface area contributed by atoms with Gasteiger partial charge in [0.15, 0.2) is 0 Å². The molecule has 2 N–H and O–H groups in total. The zero-order valence-corrected chi connectivity index (χ0v) is 10.5. The highest BCUT2D eigenvalue weighted by Gasteiger charge is 2.37. The second kappa shape index (κ2) is 4.95. The van der Waals surface area contributed by atoms with Crippen LogP contribution in [0.2, 0.25) is 0 Å². The lowest BCUT2D eigenvalue weighted by molar-refractivity contribution is -0.149. The van der Waals surface area contributed by atoms with Crippen molar-refractivity contribution in [1.29, 1.82) is 0 Å². The first kappa shape index (κ1) is 13.2. The summed E-state index contributed by atoms with van der Waals surface area (Å²) in [6.07, 6.45) is 2.55. The summed E-state index contributed by atoms with van der Waals surface area (Å²) < 4.78 is 0. The van der Waals surface area contributed by atoms with Gasteiger partial charge in [-0.3, -0.25) is 9.59 Å². The van der Waals surface area contributed by atoms with E-state index in [-0.39, 0.29) is 17.7 Å². The van der Waals surface area contributed by atoms with Crippen LogP contribution in [0.5, 0.6) is 0 Å². The molecule has 0 saturated carbocycles. The Morgan fingerprint density at radius 2 is 2.06 bits per heavy atom. The van der Waals surface area contributed by atoms with Gasteiger partial charge in [0.2, 0.25) is 5.78 Å². The van der Waals surface area contributed by atoms with Gasteiger partial charge in [0.1, 0.15) is 0 Å². The van der Waals surface area contributed by atoms with Crippen molar-refractivity contribution in [3.8, 4) is 0 Å². The highest BCUT2D eigenvalue weighted by molar-refractivity contribution is 6.38. The number of rotatable bonds is 4. The first-order chi connectivity index (χ1) is 7.44. The van der Waals surface area contributed by atoms with Crippen LogP contribution in [0.4, 0.5) is 0 Å². The molecule has 1 atom stereocenters. The number of amides is 1. The predicted octanol–water partition coefficient (Wildman–Crippen LogP) is 0.941. The molecule has 1 rings (SSSR count). The van der Waals surface area contributed by atoms with Gasteiger partial charge in [-0.2, -0.15) is 0 Å². The first-order valence-electron chi connectivity index (χ1n) is 5.99. The third-order valence-corrected chi connectivity index (χ3v) is 3.60. The van der Waals surface area contributed by atoms with Gasteiger partial charge in [-0.05, 0) is 19.3 Å². The number of carbonyl (C=O) groups is 2. The molecule has 0 radical (unpaired) electrons. The molecule has 0 unspecified atom stereocenters. The number of nitrogens with zero attached hydrogens (tertiary/aromatic N) is 1. The minimum absolute atomic E-state index is 0.0594. The molecule has 1 aliphatic heterocycles. The van der Waals surface area contributed by atoms with Crippen LogP contribution in [0.15, 0.2) is 0 Å². The third-order valence-electron chi connectivity index (χ3n) is 3.60. The number of nitrogens with two attached hydrogens (primary N) is 1. The summed E-state index contributed by atoms with van der Waals surface area (Å²) in [6, 6.07) is 0.0594. The highest BCUT2D eigenvalue weighted by Crippen LogP contribution is 2.24. The summed E-state index contributed by atoms with van der Waals surface area (Å²) >= 11 is 0. The molecule has 0 aromatic heterocycles. The molecule has 1 aliphatic rings. The van der Waals surface area contributed by atoms with Gasteiger partial charge in [0.05, 0.1) is 0 Å². The number of Topliss-reactive ketones (excluding diaryl/α,β-unsaturated/α-hetero) is 1. The van der Waals surface area contributed by atoms with Crippen LogP contribution in [-0.2, 0) is 9.59 Å². The van der Waals surface area contributed by atoms with Crippen molar-refractivity contribution in [3.63, 3.8) is 0 Å². The number of carbonyl (C=O) groups excluding carboxylic acids is 2. The first-order valence-corrected chi connectivity index (χ1v) is 5.99. The van der Waals surface area contributed by atoms with Gasteiger partial charge in [-0.25, -0.2) is 0 Å². The SMILES string of the molecule is CCC(C)(C)C(=O)C(=O)N1CCC[C@H]1CN. The predicted molar refractivity (Wildman–Crippen MR) is 62.9 cm³/mol. The van der Waals surface area contributed by atoms with Crippen molar-refractivity contribution in [2.75, 3.05) is 13.1 Å². The van der Waals surface area contributed by atoms with E-state index in [1.165, 1.54) is 0 Å². The van der Waals surface area contributed by atoms with Crippen molar-refractivity contribution in [1.82, 2.24) is 4.90 Å². The Bertz CT molecular complexity index is 287. The number of ketones is 1. The van der Waals surface area contributed by atoms with Crippen molar-refractivity contribution < 1.29 is 9.59 Å². The second-order valence-electron chi connectivity index (χ2n) is 5.10. The van der Waals surface area contributed by atoms with Crippen molar-refractivity contribution in [3.05, 3.63) is 0 Å². The van der Waals surface area contributed by atoms with E-state index in [0.717, 1.165) is 12.8 Å². The molecule has 1 fully saturated rings. The van der Waals surface area contributed by atoms with Crippen LogP contribution in [-0.4, -0.2) is 35.7 Å². The smallest absolute Gasteiger partial charge is 0.290 e. The van der Waals surface area contributed by atoms with Gasteiger partial charge in [-0.1, -0.05) is 20.8 Å². The van der Waals surface area contributed by atoms with E-state index in [1.807, 2.05) is 20.8 Å². The zero-order chi connectivity index (χ0) is 12.3. The Hall–Kier alpha value is -0.900. The van der Waals surface area contributed by atoms with Gasteiger partial charge in [0, 0.05) is 24.5 Å². The number of likely N-dealkylation sites (tertiary alicyclic amines) is 1. The molecule has 0 aromatic rings. The van der Waals surface area contributed by atoms with E-state index in [0.29, 0.717) is 19.5 Å². The molecule has 0 aliphatic carbocycles. The van der Waals surface area contributed by atoms with Crippen molar-refractivity contribution >= 4 is 11.7 Å². The maximum Gasteiger partial charge on any atom is 0.290 e. The van der Waals surface area contributed by atoms with E-state index in [2.05, 4.69) is 0 Å². The lowest BCUT2D eigenvalue weighted by Gasteiger charge is -2.27. The minimum atomic E-state index is -0.557. The highest BCUT2D eigenvalue weighted by atomic mass is 16.2. The van der Waals surface area contributed by atoms with Crippen LogP contribution >= 0.6 is 0 Å². The number of hydrogen-bond donors (Lipinski definition) is 1. The Morgan fingerprint density at radius 1 is 1.44 bits per heavy atom. The van der Waals surface area contributed by atoms with E-state index in [4.69, 9.17) is 5.73 Å². The fraction of sp³-hybridized carbons (Fsp3) is 0.833. The van der Waals surface area contributed by atoms with Gasteiger partial charge in [-0.15, -0.1) is 0 Å². The Morgan fingerprint density at radius 3 is 2.56 bits per heavy atom. The lowest BCUT2D eigenvalue weighted by atomic mass is 9.84. The molecule has 0 bridgehead atoms. The standard InChI is InChI=1S/C12H22N2O2/c1-4-12(2,3)10(15)11(16)14-7-5-6-9(14)8-13/h9H,4-8,13H2,1-3H3/t9-/m0/s1. The zero-order valence-electron chi connectivity index (χ0n) is 10.5. The Labute approximate surface area is 97.2 Å². The van der Waals surface area contributed by atoms with Crippen LogP contribution in [0.1, 0.15) is 40.0 Å². The molecule has 1 saturated heterocycles. The lowest BCUT2D eigenvalue weighted by Crippen LogP contribution is -2.47. The molecule has 16 heavy (non-hydrogen) atoms. The largest absolute Gasteiger partial charge is 0.332 e. The normalized spacial score (nSPS) is 21.2. The van der Waals surface area contributed by atoms with Crippen LogP contribution < -0.4 is 5.73 Å². The quantitative estimate of drug-likeness (QED) is 0.726. The van der Waals surface area contributed by atoms with Crippen LogP contribution in [0, 0.1) is 5.41 Å². The second-order valence-corrected chi connectivity index (χ2v) is 5.10. The molecule has 0 spiro atoms. The van der Waals surface area contributed by atoms with Crippen LogP contribution in [0.25, 0.3) is 0 Å². The molecule has 1 amide bonds. The molecule has 4 heteroatoms. The summed E-state index contributed by atoms with van der Waals surface area (Å²) in [7, 11) is 0. The van der Waals surface area contributed by atoms with E-state index >= 15 is 0 Å². The van der Waals surface area contributed by atoms with Crippen molar-refractivity contribution in [2.24, 2.45) is 11.1 Å². The Balaban J connectivity index is 2.74. The van der Waals surface area contributed by atoms with Crippen LogP contribution in [0.3, 0.4) is 0 Å². The van der Waals surface area contributed by atoms with Gasteiger partial charge < -0.3 is 10.6 Å². The monoisotopic (exact) mass is 226 g/mol. The molecular weight excluding hydrogens is 204 g/mol. The van der Waals surface area contributed by atoms with Gasteiger partial charge in [0.25, 0.3) is 5.91 Å². The fourth-order valence-electron chi connectivity index (χ4n) is 1.93. The maximum atomic E-state index is 12.0. The average molecular weight is 226 g/mol. The topological polar surface area (TPSA) is 63.4 Å². The van der Waals surface area contributed by atoms with Crippen molar-refractivity contribution in [2.45, 2.75) is 46.1 Å². The summed E-state index contributed by atoms with van der Waals surface area (Å²) in [5.74, 6) is -0.629. The summed E-state index contributed by atoms with van der Waals surface area (Å²) in [6.45, 7) is 6.69. The molecule has 92 valence electrons. The third kappa shape index (κ3) is 2.43. The number of hydrogen-bond acceptors (Lipinski definition) is 3. The Kier molecular flexibility index (Phi) is 4.08. The molecule has 4 nitrogen and oxygen atoms in total. The molecular formula is C12H22N2O2.